The fourth-order valence-electron chi connectivity index (χ4n) is 2.87. The predicted molar refractivity (Wildman–Crippen MR) is 79.6 cm³/mol. The number of aliphatic hydroxyl groups is 2. The van der Waals surface area contributed by atoms with Crippen LogP contribution < -0.4 is 5.56 Å². The first kappa shape index (κ1) is 15.0. The van der Waals surface area contributed by atoms with Crippen molar-refractivity contribution in [2.45, 2.75) is 19.1 Å². The van der Waals surface area contributed by atoms with E-state index in [1.165, 1.54) is 16.5 Å². The Bertz CT molecular complexity index is 730. The van der Waals surface area contributed by atoms with E-state index >= 15 is 0 Å². The van der Waals surface area contributed by atoms with Crippen LogP contribution in [0.2, 0.25) is 0 Å². The first-order valence-corrected chi connectivity index (χ1v) is 7.30. The standard InChI is InChI=1S/C15H19N3O4/c19-9-10-3-5-17(8-13(10)21)7-11-6-14(22)18-4-1-2-12(20)15(18)16-11/h1-2,4,6,10,13,19-21H,3,5,7-9H2/t10-,13-/m1/s1. The molecule has 2 atom stereocenters. The molecule has 3 N–H and O–H groups in total. The van der Waals surface area contributed by atoms with Gasteiger partial charge in [-0.25, -0.2) is 4.98 Å². The Morgan fingerprint density at radius 3 is 2.95 bits per heavy atom. The average molecular weight is 305 g/mol. The van der Waals surface area contributed by atoms with Crippen LogP contribution >= 0.6 is 0 Å². The molecule has 0 unspecified atom stereocenters. The van der Waals surface area contributed by atoms with Crippen LogP contribution in [0.1, 0.15) is 12.1 Å². The highest BCUT2D eigenvalue weighted by Crippen LogP contribution is 2.19. The van der Waals surface area contributed by atoms with Gasteiger partial charge in [0.1, 0.15) is 0 Å². The molecule has 0 saturated carbocycles. The van der Waals surface area contributed by atoms with Gasteiger partial charge in [-0.15, -0.1) is 0 Å². The van der Waals surface area contributed by atoms with Crippen LogP contribution in [0.15, 0.2) is 29.2 Å². The summed E-state index contributed by atoms with van der Waals surface area (Å²) in [5.41, 5.74) is 0.540. The highest BCUT2D eigenvalue weighted by Gasteiger charge is 2.27. The van der Waals surface area contributed by atoms with Crippen LogP contribution in [0.5, 0.6) is 5.75 Å². The highest BCUT2D eigenvalue weighted by atomic mass is 16.3. The zero-order valence-electron chi connectivity index (χ0n) is 12.1. The van der Waals surface area contributed by atoms with Crippen LogP contribution in [0, 0.1) is 5.92 Å². The van der Waals surface area contributed by atoms with Crippen LogP contribution in [0.3, 0.4) is 0 Å². The minimum Gasteiger partial charge on any atom is -0.504 e. The van der Waals surface area contributed by atoms with Gasteiger partial charge in [-0.05, 0) is 25.1 Å². The highest BCUT2D eigenvalue weighted by molar-refractivity contribution is 5.52. The van der Waals surface area contributed by atoms with E-state index in [1.54, 1.807) is 12.3 Å². The average Bonchev–Trinajstić information content (AvgIpc) is 2.49. The molecule has 118 valence electrons. The maximum absolute atomic E-state index is 12.1. The van der Waals surface area contributed by atoms with E-state index < -0.39 is 6.10 Å². The van der Waals surface area contributed by atoms with Crippen molar-refractivity contribution in [1.29, 1.82) is 0 Å². The fourth-order valence-corrected chi connectivity index (χ4v) is 2.87. The lowest BCUT2D eigenvalue weighted by atomic mass is 9.95. The molecule has 1 aliphatic rings. The van der Waals surface area contributed by atoms with Gasteiger partial charge in [-0.2, -0.15) is 0 Å². The SMILES string of the molecule is O=c1cc(CN2CC[C@H](CO)[C@H](O)C2)nc2c(O)cccn12. The van der Waals surface area contributed by atoms with Gasteiger partial charge in [-0.3, -0.25) is 14.1 Å². The molecule has 1 fully saturated rings. The first-order valence-electron chi connectivity index (χ1n) is 7.30. The Kier molecular flexibility index (Phi) is 4.10. The van der Waals surface area contributed by atoms with E-state index in [0.29, 0.717) is 25.2 Å². The largest absolute Gasteiger partial charge is 0.504 e. The number of aromatic hydroxyl groups is 1. The second-order valence-corrected chi connectivity index (χ2v) is 5.71. The Balaban J connectivity index is 1.83. The summed E-state index contributed by atoms with van der Waals surface area (Å²) in [4.78, 5) is 18.4. The topological polar surface area (TPSA) is 98.3 Å². The van der Waals surface area contributed by atoms with E-state index in [-0.39, 0.29) is 29.5 Å². The van der Waals surface area contributed by atoms with Crippen molar-refractivity contribution in [3.05, 3.63) is 40.4 Å². The van der Waals surface area contributed by atoms with E-state index in [9.17, 15) is 15.0 Å². The van der Waals surface area contributed by atoms with Crippen molar-refractivity contribution < 1.29 is 15.3 Å². The zero-order chi connectivity index (χ0) is 15.7. The molecule has 0 aliphatic carbocycles. The van der Waals surface area contributed by atoms with Crippen LogP contribution in [0.4, 0.5) is 0 Å². The van der Waals surface area contributed by atoms with Crippen LogP contribution in [-0.4, -0.2) is 55.4 Å². The second-order valence-electron chi connectivity index (χ2n) is 5.71. The molecule has 1 aliphatic heterocycles. The molecule has 0 aromatic carbocycles. The molecule has 0 radical (unpaired) electrons. The lowest BCUT2D eigenvalue weighted by Crippen LogP contribution is -2.44. The summed E-state index contributed by atoms with van der Waals surface area (Å²) >= 11 is 0. The van der Waals surface area contributed by atoms with E-state index in [2.05, 4.69) is 4.98 Å². The summed E-state index contributed by atoms with van der Waals surface area (Å²) in [6.45, 7) is 1.57. The number of β-amino-alcohol motifs (C(OH)–C–C–N with tert-alkyl or cyclic N) is 1. The van der Waals surface area contributed by atoms with E-state index in [0.717, 1.165) is 6.54 Å². The molecule has 2 aromatic rings. The number of piperidine rings is 1. The van der Waals surface area contributed by atoms with Gasteiger partial charge in [0.15, 0.2) is 11.4 Å². The Hall–Kier alpha value is -1.96. The molecule has 22 heavy (non-hydrogen) atoms. The third kappa shape index (κ3) is 2.83. The number of likely N-dealkylation sites (tertiary alicyclic amines) is 1. The molecule has 1 saturated heterocycles. The third-order valence-corrected chi connectivity index (χ3v) is 4.15. The van der Waals surface area contributed by atoms with Gasteiger partial charge < -0.3 is 15.3 Å². The summed E-state index contributed by atoms with van der Waals surface area (Å²) < 4.78 is 1.30. The number of aromatic nitrogens is 2. The van der Waals surface area contributed by atoms with E-state index in [4.69, 9.17) is 5.11 Å². The maximum atomic E-state index is 12.1. The number of hydrogen-bond donors (Lipinski definition) is 3. The van der Waals surface area contributed by atoms with Gasteiger partial charge >= 0.3 is 0 Å². The third-order valence-electron chi connectivity index (χ3n) is 4.15. The van der Waals surface area contributed by atoms with Gasteiger partial charge in [0.25, 0.3) is 5.56 Å². The number of aliphatic hydroxyl groups excluding tert-OH is 2. The minimum atomic E-state index is -0.575. The van der Waals surface area contributed by atoms with Crippen molar-refractivity contribution in [2.24, 2.45) is 5.92 Å². The summed E-state index contributed by atoms with van der Waals surface area (Å²) in [7, 11) is 0. The van der Waals surface area contributed by atoms with Crippen LogP contribution in [-0.2, 0) is 6.54 Å². The van der Waals surface area contributed by atoms with Crippen LogP contribution in [0.25, 0.3) is 5.65 Å². The summed E-state index contributed by atoms with van der Waals surface area (Å²) in [6, 6.07) is 4.51. The first-order chi connectivity index (χ1) is 10.6. The monoisotopic (exact) mass is 305 g/mol. The van der Waals surface area contributed by atoms with Gasteiger partial charge in [0.2, 0.25) is 0 Å². The Morgan fingerprint density at radius 2 is 2.23 bits per heavy atom. The van der Waals surface area contributed by atoms with Gasteiger partial charge in [0, 0.05) is 37.9 Å². The van der Waals surface area contributed by atoms with Crippen molar-refractivity contribution in [3.63, 3.8) is 0 Å². The summed E-state index contributed by atoms with van der Waals surface area (Å²) in [5.74, 6) is -0.129. The molecular formula is C15H19N3O4. The Morgan fingerprint density at radius 1 is 1.41 bits per heavy atom. The predicted octanol–water partition coefficient (Wildman–Crippen LogP) is -0.425. The number of hydrogen-bond acceptors (Lipinski definition) is 6. The molecule has 0 spiro atoms. The van der Waals surface area contributed by atoms with Gasteiger partial charge in [-0.1, -0.05) is 0 Å². The molecule has 2 aromatic heterocycles. The lowest BCUT2D eigenvalue weighted by molar-refractivity contribution is -0.00478. The molecule has 7 heteroatoms. The second kappa shape index (κ2) is 6.04. The Labute approximate surface area is 127 Å². The van der Waals surface area contributed by atoms with Crippen molar-refractivity contribution in [3.8, 4) is 5.75 Å². The summed E-state index contributed by atoms with van der Waals surface area (Å²) in [6.07, 6.45) is 1.69. The fraction of sp³-hybridized carbons (Fsp3) is 0.467. The zero-order valence-corrected chi connectivity index (χ0v) is 12.1. The molecule has 3 heterocycles. The van der Waals surface area contributed by atoms with Crippen molar-refractivity contribution >= 4 is 5.65 Å². The quantitative estimate of drug-likeness (QED) is 0.712. The smallest absolute Gasteiger partial charge is 0.258 e. The molecule has 7 nitrogen and oxygen atoms in total. The summed E-state index contributed by atoms with van der Waals surface area (Å²) in [5, 5.41) is 29.0. The molecule has 0 bridgehead atoms. The van der Waals surface area contributed by atoms with Crippen molar-refractivity contribution in [2.75, 3.05) is 19.7 Å². The maximum Gasteiger partial charge on any atom is 0.258 e. The number of nitrogens with zero attached hydrogens (tertiary/aromatic N) is 3. The molecule has 0 amide bonds. The molecule has 3 rings (SSSR count). The normalized spacial score (nSPS) is 23.0. The van der Waals surface area contributed by atoms with E-state index in [1.807, 2.05) is 4.90 Å². The number of pyridine rings is 1. The molecular weight excluding hydrogens is 286 g/mol. The van der Waals surface area contributed by atoms with Crippen molar-refractivity contribution in [1.82, 2.24) is 14.3 Å². The van der Waals surface area contributed by atoms with Gasteiger partial charge in [0.05, 0.1) is 11.8 Å². The minimum absolute atomic E-state index is 0.0154. The number of fused-ring (bicyclic) bond motifs is 1. The number of rotatable bonds is 3. The lowest BCUT2D eigenvalue weighted by Gasteiger charge is -2.34.